The predicted octanol–water partition coefficient (Wildman–Crippen LogP) is 3.38. The molecule has 1 aliphatic heterocycles. The van der Waals surface area contributed by atoms with Crippen LogP contribution in [0.25, 0.3) is 11.2 Å². The summed E-state index contributed by atoms with van der Waals surface area (Å²) in [5.41, 5.74) is 3.97. The number of rotatable bonds is 4. The van der Waals surface area contributed by atoms with E-state index in [4.69, 9.17) is 21.1 Å². The number of fused-ring (bicyclic) bond motifs is 1. The number of pyridine rings is 1. The minimum atomic E-state index is -0.328. The van der Waals surface area contributed by atoms with E-state index in [0.29, 0.717) is 30.4 Å². The highest BCUT2D eigenvalue weighted by atomic mass is 35.5. The Balaban J connectivity index is 2.14. The first-order valence-electron chi connectivity index (χ1n) is 8.03. The summed E-state index contributed by atoms with van der Waals surface area (Å²) in [6.07, 6.45) is 1.85. The second kappa shape index (κ2) is 6.87. The van der Waals surface area contributed by atoms with E-state index in [2.05, 4.69) is 11.5 Å². The lowest BCUT2D eigenvalue weighted by Crippen LogP contribution is -2.35. The maximum Gasteiger partial charge on any atom is 0.338 e. The minimum Gasteiger partial charge on any atom is -0.462 e. The molecule has 3 rings (SSSR count). The Morgan fingerprint density at radius 3 is 2.75 bits per heavy atom. The van der Waals surface area contributed by atoms with E-state index in [1.807, 2.05) is 29.7 Å². The fourth-order valence-electron chi connectivity index (χ4n) is 3.07. The van der Waals surface area contributed by atoms with Crippen molar-refractivity contribution in [2.45, 2.75) is 13.8 Å². The molecule has 0 spiro atoms. The number of carbonyl (C=O) groups excluding carboxylic acids is 1. The van der Waals surface area contributed by atoms with Gasteiger partial charge in [0.15, 0.2) is 0 Å². The van der Waals surface area contributed by atoms with Gasteiger partial charge in [-0.2, -0.15) is 0 Å². The van der Waals surface area contributed by atoms with Crippen LogP contribution in [0.15, 0.2) is 24.9 Å². The normalized spacial score (nSPS) is 14.9. The molecule has 0 atom stereocenters. The summed E-state index contributed by atoms with van der Waals surface area (Å²) in [5, 5.41) is 0.617. The van der Waals surface area contributed by atoms with E-state index in [1.54, 1.807) is 6.92 Å². The smallest absolute Gasteiger partial charge is 0.338 e. The van der Waals surface area contributed by atoms with Gasteiger partial charge in [0.2, 0.25) is 0 Å². The molecule has 0 aliphatic carbocycles. The van der Waals surface area contributed by atoms with Gasteiger partial charge in [0.05, 0.1) is 41.8 Å². The lowest BCUT2D eigenvalue weighted by molar-refractivity contribution is 0.0525. The molecule has 0 unspecified atom stereocenters. The molecule has 3 heterocycles. The van der Waals surface area contributed by atoms with Gasteiger partial charge in [0.1, 0.15) is 0 Å². The molecule has 2 aromatic rings. The molecular weight excluding hydrogens is 328 g/mol. The average molecular weight is 349 g/mol. The number of morpholine rings is 1. The molecule has 1 saturated heterocycles. The van der Waals surface area contributed by atoms with Crippen LogP contribution in [0.4, 0.5) is 0 Å². The van der Waals surface area contributed by atoms with Crippen molar-refractivity contribution in [1.82, 2.24) is 9.30 Å². The van der Waals surface area contributed by atoms with E-state index >= 15 is 0 Å². The maximum atomic E-state index is 12.3. The number of esters is 1. The van der Waals surface area contributed by atoms with Gasteiger partial charge in [0, 0.05) is 24.8 Å². The Kier molecular flexibility index (Phi) is 4.83. The van der Waals surface area contributed by atoms with Gasteiger partial charge in [-0.1, -0.05) is 18.2 Å². The third kappa shape index (κ3) is 3.01. The van der Waals surface area contributed by atoms with Gasteiger partial charge in [-0.15, -0.1) is 0 Å². The van der Waals surface area contributed by atoms with Crippen LogP contribution < -0.4 is 0 Å². The lowest BCUT2D eigenvalue weighted by Gasteiger charge is -2.31. The van der Waals surface area contributed by atoms with Crippen molar-refractivity contribution in [3.05, 3.63) is 46.8 Å². The number of ether oxygens (including phenoxy) is 2. The third-order valence-electron chi connectivity index (χ3n) is 4.27. The highest BCUT2D eigenvalue weighted by Crippen LogP contribution is 2.29. The lowest BCUT2D eigenvalue weighted by atomic mass is 10.0. The number of nitrogens with zero attached hydrogens (tertiary/aromatic N) is 2. The van der Waals surface area contributed by atoms with E-state index in [0.717, 1.165) is 35.6 Å². The maximum absolute atomic E-state index is 12.3. The van der Waals surface area contributed by atoms with E-state index in [9.17, 15) is 4.79 Å². The molecule has 6 heteroatoms. The fraction of sp³-hybridized carbons (Fsp3) is 0.389. The van der Waals surface area contributed by atoms with Crippen LogP contribution in [-0.4, -0.2) is 48.2 Å². The molecule has 0 radical (unpaired) electrons. The number of aromatic nitrogens is 1. The predicted molar refractivity (Wildman–Crippen MR) is 94.5 cm³/mol. The second-order valence-corrected chi connectivity index (χ2v) is 6.19. The molecule has 1 aliphatic rings. The first kappa shape index (κ1) is 16.9. The quantitative estimate of drug-likeness (QED) is 0.794. The SMILES string of the molecule is C=C(c1c(C)c(C(=O)OCC)cc2cc(Cl)cn12)N1CCOCC1. The van der Waals surface area contributed by atoms with Crippen molar-refractivity contribution in [2.75, 3.05) is 32.9 Å². The van der Waals surface area contributed by atoms with Gasteiger partial charge >= 0.3 is 5.97 Å². The number of carbonyl (C=O) groups is 1. The van der Waals surface area contributed by atoms with Gasteiger partial charge < -0.3 is 18.8 Å². The van der Waals surface area contributed by atoms with Crippen molar-refractivity contribution in [2.24, 2.45) is 0 Å². The van der Waals surface area contributed by atoms with Crippen LogP contribution in [0, 0.1) is 6.92 Å². The van der Waals surface area contributed by atoms with Crippen molar-refractivity contribution in [3.63, 3.8) is 0 Å². The monoisotopic (exact) mass is 348 g/mol. The zero-order valence-electron chi connectivity index (χ0n) is 14.0. The standard InChI is InChI=1S/C18H21ClN2O3/c1-4-24-18(22)16-10-15-9-14(19)11-21(15)17(12(16)2)13(3)20-5-7-23-8-6-20/h9-11H,3-8H2,1-2H3. The summed E-state index contributed by atoms with van der Waals surface area (Å²) in [6, 6.07) is 3.65. The number of halogens is 1. The second-order valence-electron chi connectivity index (χ2n) is 5.75. The highest BCUT2D eigenvalue weighted by Gasteiger charge is 2.22. The van der Waals surface area contributed by atoms with E-state index < -0.39 is 0 Å². The van der Waals surface area contributed by atoms with Crippen molar-refractivity contribution >= 4 is 28.8 Å². The van der Waals surface area contributed by atoms with E-state index in [1.165, 1.54) is 0 Å². The zero-order chi connectivity index (χ0) is 17.3. The molecule has 128 valence electrons. The summed E-state index contributed by atoms with van der Waals surface area (Å²) < 4.78 is 12.6. The minimum absolute atomic E-state index is 0.328. The summed E-state index contributed by atoms with van der Waals surface area (Å²) in [7, 11) is 0. The van der Waals surface area contributed by atoms with Crippen molar-refractivity contribution in [3.8, 4) is 0 Å². The molecule has 5 nitrogen and oxygen atoms in total. The largest absolute Gasteiger partial charge is 0.462 e. The molecule has 0 bridgehead atoms. The molecule has 1 fully saturated rings. The topological polar surface area (TPSA) is 43.2 Å². The van der Waals surface area contributed by atoms with Crippen LogP contribution in [0.3, 0.4) is 0 Å². The Labute approximate surface area is 146 Å². The van der Waals surface area contributed by atoms with Gasteiger partial charge in [0.25, 0.3) is 0 Å². The summed E-state index contributed by atoms with van der Waals surface area (Å²) in [5.74, 6) is -0.328. The summed E-state index contributed by atoms with van der Waals surface area (Å²) in [4.78, 5) is 14.5. The number of hydrogen-bond donors (Lipinski definition) is 0. The number of hydrogen-bond acceptors (Lipinski definition) is 4. The molecule has 0 saturated carbocycles. The van der Waals surface area contributed by atoms with Crippen molar-refractivity contribution in [1.29, 1.82) is 0 Å². The molecule has 2 aromatic heterocycles. The van der Waals surface area contributed by atoms with Crippen LogP contribution in [0.5, 0.6) is 0 Å². The van der Waals surface area contributed by atoms with Crippen LogP contribution in [0.2, 0.25) is 5.02 Å². The zero-order valence-corrected chi connectivity index (χ0v) is 14.7. The van der Waals surface area contributed by atoms with Gasteiger partial charge in [-0.05, 0) is 31.5 Å². The molecular formula is C18H21ClN2O3. The average Bonchev–Trinajstić information content (AvgIpc) is 2.94. The Hall–Kier alpha value is -1.98. The third-order valence-corrected chi connectivity index (χ3v) is 4.48. The summed E-state index contributed by atoms with van der Waals surface area (Å²) >= 11 is 6.19. The van der Waals surface area contributed by atoms with Crippen LogP contribution in [0.1, 0.15) is 28.5 Å². The highest BCUT2D eigenvalue weighted by molar-refractivity contribution is 6.31. The molecule has 24 heavy (non-hydrogen) atoms. The van der Waals surface area contributed by atoms with Gasteiger partial charge in [-0.25, -0.2) is 4.79 Å². The Morgan fingerprint density at radius 1 is 1.38 bits per heavy atom. The molecule has 0 N–H and O–H groups in total. The van der Waals surface area contributed by atoms with E-state index in [-0.39, 0.29) is 5.97 Å². The van der Waals surface area contributed by atoms with Crippen molar-refractivity contribution < 1.29 is 14.3 Å². The van der Waals surface area contributed by atoms with Crippen LogP contribution >= 0.6 is 11.6 Å². The molecule has 0 amide bonds. The summed E-state index contributed by atoms with van der Waals surface area (Å²) in [6.45, 7) is 11.2. The Morgan fingerprint density at radius 2 is 2.08 bits per heavy atom. The molecule has 0 aromatic carbocycles. The fourth-order valence-corrected chi connectivity index (χ4v) is 3.28. The van der Waals surface area contributed by atoms with Crippen LogP contribution in [-0.2, 0) is 9.47 Å². The first-order valence-corrected chi connectivity index (χ1v) is 8.41. The van der Waals surface area contributed by atoms with Gasteiger partial charge in [-0.3, -0.25) is 0 Å². The Bertz CT molecular complexity index is 791. The first-order chi connectivity index (χ1) is 11.5.